The molecule has 1 saturated carbocycles. The first-order valence-electron chi connectivity index (χ1n) is 9.21. The highest BCUT2D eigenvalue weighted by Gasteiger charge is 2.34. The topological polar surface area (TPSA) is 51.1 Å². The van der Waals surface area contributed by atoms with Crippen LogP contribution in [0.2, 0.25) is 0 Å². The van der Waals surface area contributed by atoms with Gasteiger partial charge in [0.05, 0.1) is 16.1 Å². The van der Waals surface area contributed by atoms with Crippen molar-refractivity contribution < 1.29 is 4.79 Å². The number of benzene rings is 1. The van der Waals surface area contributed by atoms with Crippen LogP contribution >= 0.6 is 15.9 Å². The molecule has 0 saturated heterocycles. The molecule has 4 nitrogen and oxygen atoms in total. The van der Waals surface area contributed by atoms with Gasteiger partial charge in [-0.2, -0.15) is 0 Å². The van der Waals surface area contributed by atoms with Gasteiger partial charge in [-0.3, -0.25) is 9.59 Å². The molecule has 0 radical (unpaired) electrons. The summed E-state index contributed by atoms with van der Waals surface area (Å²) in [6, 6.07) is 10.2. The van der Waals surface area contributed by atoms with Crippen molar-refractivity contribution in [2.24, 2.45) is 5.92 Å². The van der Waals surface area contributed by atoms with E-state index in [1.165, 1.54) is 0 Å². The van der Waals surface area contributed by atoms with E-state index in [9.17, 15) is 9.59 Å². The number of halogens is 1. The molecule has 5 heteroatoms. The third-order valence-corrected chi connectivity index (χ3v) is 6.05. The van der Waals surface area contributed by atoms with Gasteiger partial charge in [0.25, 0.3) is 11.5 Å². The van der Waals surface area contributed by atoms with Crippen LogP contribution in [0.4, 0.5) is 0 Å². The predicted octanol–water partition coefficient (Wildman–Crippen LogP) is 4.52. The van der Waals surface area contributed by atoms with Crippen molar-refractivity contribution in [2.45, 2.75) is 52.6 Å². The zero-order chi connectivity index (χ0) is 18.8. The number of hydrogen-bond acceptors (Lipinski definition) is 2. The van der Waals surface area contributed by atoms with Gasteiger partial charge in [-0.25, -0.2) is 0 Å². The van der Waals surface area contributed by atoms with Gasteiger partial charge in [-0.05, 0) is 66.1 Å². The summed E-state index contributed by atoms with van der Waals surface area (Å²) in [5, 5.41) is 3.23. The fourth-order valence-electron chi connectivity index (χ4n) is 3.55. The van der Waals surface area contributed by atoms with Crippen molar-refractivity contribution in [3.63, 3.8) is 0 Å². The van der Waals surface area contributed by atoms with Gasteiger partial charge >= 0.3 is 0 Å². The van der Waals surface area contributed by atoms with E-state index in [4.69, 9.17) is 0 Å². The number of aromatic nitrogens is 1. The van der Waals surface area contributed by atoms with E-state index in [1.807, 2.05) is 39.0 Å². The van der Waals surface area contributed by atoms with Crippen LogP contribution in [0.1, 0.15) is 59.4 Å². The fourth-order valence-corrected chi connectivity index (χ4v) is 3.96. The van der Waals surface area contributed by atoms with Crippen molar-refractivity contribution in [1.29, 1.82) is 0 Å². The molecular formula is C21H25BrN2O2. The van der Waals surface area contributed by atoms with Gasteiger partial charge < -0.3 is 9.88 Å². The van der Waals surface area contributed by atoms with E-state index in [-0.39, 0.29) is 17.5 Å². The summed E-state index contributed by atoms with van der Waals surface area (Å²) in [5.41, 5.74) is 3.11. The lowest BCUT2D eigenvalue weighted by atomic mass is 10.0. The number of hydrogen-bond donors (Lipinski definition) is 1. The third-order valence-electron chi connectivity index (χ3n) is 5.12. The Labute approximate surface area is 162 Å². The average Bonchev–Trinajstić information content (AvgIpc) is 3.47. The molecule has 138 valence electrons. The minimum absolute atomic E-state index is 0.0211. The Hall–Kier alpha value is -1.88. The van der Waals surface area contributed by atoms with E-state index in [2.05, 4.69) is 33.4 Å². The Kier molecular flexibility index (Phi) is 5.66. The van der Waals surface area contributed by atoms with Crippen LogP contribution in [0.5, 0.6) is 0 Å². The predicted molar refractivity (Wildman–Crippen MR) is 108 cm³/mol. The molecule has 0 bridgehead atoms. The highest BCUT2D eigenvalue weighted by molar-refractivity contribution is 9.10. The van der Waals surface area contributed by atoms with Gasteiger partial charge in [0, 0.05) is 12.2 Å². The Morgan fingerprint density at radius 3 is 2.50 bits per heavy atom. The summed E-state index contributed by atoms with van der Waals surface area (Å²) in [6.45, 7) is 6.32. The zero-order valence-corrected chi connectivity index (χ0v) is 17.1. The molecule has 0 spiro atoms. The normalized spacial score (nSPS) is 14.9. The number of nitrogens with zero attached hydrogens (tertiary/aromatic N) is 1. The molecule has 26 heavy (non-hydrogen) atoms. The second-order valence-electron chi connectivity index (χ2n) is 7.06. The second kappa shape index (κ2) is 7.78. The summed E-state index contributed by atoms with van der Waals surface area (Å²) < 4.78 is 2.17. The van der Waals surface area contributed by atoms with Crippen molar-refractivity contribution in [1.82, 2.24) is 9.88 Å². The molecule has 1 N–H and O–H groups in total. The molecule has 2 aromatic rings. The summed E-state index contributed by atoms with van der Waals surface area (Å²) >= 11 is 3.39. The third kappa shape index (κ3) is 3.63. The summed E-state index contributed by atoms with van der Waals surface area (Å²) in [5.74, 6) is 0.387. The van der Waals surface area contributed by atoms with E-state index < -0.39 is 0 Å². The second-order valence-corrected chi connectivity index (χ2v) is 7.85. The molecular weight excluding hydrogens is 392 g/mol. The fraction of sp³-hybridized carbons (Fsp3) is 0.429. The van der Waals surface area contributed by atoms with E-state index in [1.54, 1.807) is 4.57 Å². The molecule has 0 unspecified atom stereocenters. The van der Waals surface area contributed by atoms with E-state index in [0.717, 1.165) is 30.5 Å². The van der Waals surface area contributed by atoms with Crippen LogP contribution in [0.25, 0.3) is 0 Å². The minimum Gasteiger partial charge on any atom is -0.345 e. The molecule has 1 amide bonds. The first-order chi connectivity index (χ1) is 12.5. The van der Waals surface area contributed by atoms with Gasteiger partial charge in [0.15, 0.2) is 0 Å². The molecule has 1 aliphatic carbocycles. The quantitative estimate of drug-likeness (QED) is 0.752. The largest absolute Gasteiger partial charge is 0.345 e. The lowest BCUT2D eigenvalue weighted by molar-refractivity contribution is 0.0929. The van der Waals surface area contributed by atoms with Gasteiger partial charge in [0.2, 0.25) is 0 Å². The lowest BCUT2D eigenvalue weighted by Crippen LogP contribution is -2.34. The first-order valence-corrected chi connectivity index (χ1v) is 10.00. The minimum atomic E-state index is -0.105. The van der Waals surface area contributed by atoms with Gasteiger partial charge in [-0.15, -0.1) is 0 Å². The Bertz CT molecular complexity index is 870. The van der Waals surface area contributed by atoms with Crippen molar-refractivity contribution >= 4 is 21.8 Å². The molecule has 1 aromatic heterocycles. The van der Waals surface area contributed by atoms with Crippen LogP contribution < -0.4 is 10.9 Å². The number of pyridine rings is 1. The van der Waals surface area contributed by atoms with Crippen LogP contribution in [-0.2, 0) is 6.54 Å². The molecule has 3 rings (SSSR count). The number of amides is 1. The summed E-state index contributed by atoms with van der Waals surface area (Å²) in [6.07, 6.45) is 3.11. The highest BCUT2D eigenvalue weighted by Crippen LogP contribution is 2.41. The molecule has 1 aliphatic rings. The zero-order valence-electron chi connectivity index (χ0n) is 15.5. The van der Waals surface area contributed by atoms with Crippen molar-refractivity contribution in [2.75, 3.05) is 0 Å². The Morgan fingerprint density at radius 2 is 1.92 bits per heavy atom. The summed E-state index contributed by atoms with van der Waals surface area (Å²) in [4.78, 5) is 25.7. The highest BCUT2D eigenvalue weighted by atomic mass is 79.9. The standard InChI is InChI=1S/C21H25BrN2O2/c1-4-12-24-14(3)17(13(2)18(22)21(24)26)20(25)23-19(16-10-11-16)15-8-6-5-7-9-15/h5-9,16,19H,4,10-12H2,1-3H3,(H,23,25)/t19-/m1/s1. The molecule has 1 heterocycles. The lowest BCUT2D eigenvalue weighted by Gasteiger charge is -2.22. The molecule has 1 atom stereocenters. The molecule has 1 fully saturated rings. The number of rotatable bonds is 6. The number of carbonyl (C=O) groups is 1. The van der Waals surface area contributed by atoms with Gasteiger partial charge in [0.1, 0.15) is 0 Å². The average molecular weight is 417 g/mol. The monoisotopic (exact) mass is 416 g/mol. The van der Waals surface area contributed by atoms with Crippen molar-refractivity contribution in [3.8, 4) is 0 Å². The molecule has 1 aromatic carbocycles. The van der Waals surface area contributed by atoms with Crippen LogP contribution in [0, 0.1) is 19.8 Å². The van der Waals surface area contributed by atoms with Crippen LogP contribution in [-0.4, -0.2) is 10.5 Å². The maximum absolute atomic E-state index is 13.2. The Balaban J connectivity index is 1.98. The van der Waals surface area contributed by atoms with Crippen LogP contribution in [0.15, 0.2) is 39.6 Å². The maximum Gasteiger partial charge on any atom is 0.265 e. The number of nitrogens with one attached hydrogen (secondary N) is 1. The summed E-state index contributed by atoms with van der Waals surface area (Å²) in [7, 11) is 0. The maximum atomic E-state index is 13.2. The van der Waals surface area contributed by atoms with E-state index >= 15 is 0 Å². The first kappa shape index (κ1) is 18.9. The van der Waals surface area contributed by atoms with Gasteiger partial charge in [-0.1, -0.05) is 37.3 Å². The SMILES string of the molecule is CCCn1c(C)c(C(=O)N[C@H](c2ccccc2)C2CC2)c(C)c(Br)c1=O. The number of carbonyl (C=O) groups excluding carboxylic acids is 1. The van der Waals surface area contributed by atoms with Crippen LogP contribution in [0.3, 0.4) is 0 Å². The van der Waals surface area contributed by atoms with Crippen molar-refractivity contribution in [3.05, 3.63) is 67.5 Å². The Morgan fingerprint density at radius 1 is 1.27 bits per heavy atom. The van der Waals surface area contributed by atoms with E-state index in [0.29, 0.717) is 28.1 Å². The smallest absolute Gasteiger partial charge is 0.265 e. The molecule has 0 aliphatic heterocycles.